The lowest BCUT2D eigenvalue weighted by atomic mass is 10.4. The molecule has 0 aromatic carbocycles. The van der Waals surface area contributed by atoms with Crippen molar-refractivity contribution in [3.63, 3.8) is 0 Å². The number of aliphatic hydroxyl groups is 1. The highest BCUT2D eigenvalue weighted by atomic mass is 32.2. The number of H-pyrrole nitrogens is 1. The fraction of sp³-hybridized carbons (Fsp3) is 0.688. The Labute approximate surface area is 177 Å². The van der Waals surface area contributed by atoms with E-state index >= 15 is 0 Å². The van der Waals surface area contributed by atoms with Crippen LogP contribution in [0.25, 0.3) is 11.2 Å². The van der Waals surface area contributed by atoms with Gasteiger partial charge in [-0.25, -0.2) is 18.2 Å². The maximum atomic E-state index is 12.2. The molecule has 2 aromatic heterocycles. The molecule has 12 nitrogen and oxygen atoms in total. The number of morpholine rings is 1. The van der Waals surface area contributed by atoms with Crippen LogP contribution in [0.4, 0.5) is 0 Å². The molecule has 1 aliphatic rings. The molecule has 1 aliphatic heterocycles. The van der Waals surface area contributed by atoms with Gasteiger partial charge in [-0.1, -0.05) is 11.8 Å². The molecular weight excluding hydrogens is 436 g/mol. The van der Waals surface area contributed by atoms with E-state index < -0.39 is 27.5 Å². The molecule has 3 N–H and O–H groups in total. The second kappa shape index (κ2) is 9.62. The lowest BCUT2D eigenvalue weighted by Gasteiger charge is -2.26. The van der Waals surface area contributed by atoms with E-state index in [4.69, 9.17) is 4.74 Å². The zero-order chi connectivity index (χ0) is 21.9. The van der Waals surface area contributed by atoms with E-state index in [1.54, 1.807) is 0 Å². The van der Waals surface area contributed by atoms with Crippen molar-refractivity contribution in [3.05, 3.63) is 20.8 Å². The fourth-order valence-electron chi connectivity index (χ4n) is 3.04. The van der Waals surface area contributed by atoms with Crippen molar-refractivity contribution in [1.29, 1.82) is 0 Å². The first-order valence-electron chi connectivity index (χ1n) is 9.44. The van der Waals surface area contributed by atoms with Crippen molar-refractivity contribution in [2.75, 3.05) is 44.4 Å². The van der Waals surface area contributed by atoms with Crippen molar-refractivity contribution >= 4 is 32.9 Å². The molecule has 3 rings (SSSR count). The molecule has 1 atom stereocenters. The van der Waals surface area contributed by atoms with Gasteiger partial charge in [0.1, 0.15) is 6.23 Å². The number of fused-ring (bicyclic) bond motifs is 1. The average molecular weight is 463 g/mol. The van der Waals surface area contributed by atoms with Crippen molar-refractivity contribution in [2.24, 2.45) is 14.1 Å². The Hall–Kier alpha value is -1.71. The number of hydrogen-bond acceptors (Lipinski definition) is 9. The molecule has 0 saturated carbocycles. The van der Waals surface area contributed by atoms with E-state index in [9.17, 15) is 23.1 Å². The summed E-state index contributed by atoms with van der Waals surface area (Å²) in [5.41, 5.74) is -0.487. The van der Waals surface area contributed by atoms with Crippen LogP contribution in [0.5, 0.6) is 0 Å². The first-order valence-corrected chi connectivity index (χ1v) is 12.1. The van der Waals surface area contributed by atoms with Crippen LogP contribution in [0.15, 0.2) is 14.7 Å². The van der Waals surface area contributed by atoms with E-state index in [1.165, 1.54) is 30.4 Å². The summed E-state index contributed by atoms with van der Waals surface area (Å²) in [6, 6.07) is 0. The van der Waals surface area contributed by atoms with Crippen LogP contribution in [-0.2, 0) is 28.9 Å². The zero-order valence-corrected chi connectivity index (χ0v) is 18.5. The van der Waals surface area contributed by atoms with Gasteiger partial charge >= 0.3 is 5.69 Å². The van der Waals surface area contributed by atoms with Crippen LogP contribution in [0.1, 0.15) is 6.42 Å². The predicted molar refractivity (Wildman–Crippen MR) is 112 cm³/mol. The second-order valence-electron chi connectivity index (χ2n) is 6.99. The van der Waals surface area contributed by atoms with Gasteiger partial charge in [0.15, 0.2) is 16.3 Å². The SMILES string of the molecule is Cn1c(=O)c2[nH]c(SCCC(O)NS(=O)(=O)CCN3CCOCC3)nc2n(C)c1=O. The van der Waals surface area contributed by atoms with Crippen LogP contribution in [-0.4, -0.2) is 88.1 Å². The van der Waals surface area contributed by atoms with Crippen LogP contribution in [0, 0.1) is 0 Å². The molecule has 0 amide bonds. The molecule has 2 aromatic rings. The molecule has 1 fully saturated rings. The minimum atomic E-state index is -3.61. The highest BCUT2D eigenvalue weighted by Gasteiger charge is 2.19. The summed E-state index contributed by atoms with van der Waals surface area (Å²) in [5.74, 6) is 0.249. The Bertz CT molecular complexity index is 1100. The van der Waals surface area contributed by atoms with Gasteiger partial charge in [-0.05, 0) is 6.42 Å². The average Bonchev–Trinajstić information content (AvgIpc) is 3.14. The Morgan fingerprint density at radius 3 is 2.67 bits per heavy atom. The molecule has 1 unspecified atom stereocenters. The largest absolute Gasteiger partial charge is 0.379 e. The smallest absolute Gasteiger partial charge is 0.332 e. The van der Waals surface area contributed by atoms with Gasteiger partial charge in [-0.2, -0.15) is 4.72 Å². The van der Waals surface area contributed by atoms with E-state index in [1.807, 2.05) is 4.90 Å². The number of aryl methyl sites for hydroxylation is 1. The van der Waals surface area contributed by atoms with Gasteiger partial charge in [0.05, 0.1) is 19.0 Å². The summed E-state index contributed by atoms with van der Waals surface area (Å²) >= 11 is 1.22. The highest BCUT2D eigenvalue weighted by molar-refractivity contribution is 7.99. The summed E-state index contributed by atoms with van der Waals surface area (Å²) in [7, 11) is -0.703. The minimum Gasteiger partial charge on any atom is -0.379 e. The van der Waals surface area contributed by atoms with Crippen LogP contribution >= 0.6 is 11.8 Å². The molecule has 3 heterocycles. The number of imidazole rings is 1. The second-order valence-corrected chi connectivity index (χ2v) is 9.95. The van der Waals surface area contributed by atoms with Gasteiger partial charge in [-0.15, -0.1) is 0 Å². The molecular formula is C16H26N6O6S2. The van der Waals surface area contributed by atoms with Gasteiger partial charge < -0.3 is 14.8 Å². The third kappa shape index (κ3) is 5.50. The Balaban J connectivity index is 1.51. The summed E-state index contributed by atoms with van der Waals surface area (Å²) in [4.78, 5) is 33.3. The van der Waals surface area contributed by atoms with Crippen LogP contribution in [0.3, 0.4) is 0 Å². The topological polar surface area (TPSA) is 152 Å². The zero-order valence-electron chi connectivity index (χ0n) is 16.8. The standard InChI is InChI=1S/C16H26N6O6S2/c1-20-13-12(14(24)21(2)16(20)25)17-15(18-13)29-9-3-11(23)19-30(26,27)10-6-22-4-7-28-8-5-22/h11,19,23H,3-10H2,1-2H3,(H,17,18). The first-order chi connectivity index (χ1) is 14.2. The Morgan fingerprint density at radius 1 is 1.27 bits per heavy atom. The lowest BCUT2D eigenvalue weighted by Crippen LogP contribution is -2.43. The molecule has 30 heavy (non-hydrogen) atoms. The normalized spacial score (nSPS) is 16.9. The number of thioether (sulfide) groups is 1. The maximum Gasteiger partial charge on any atom is 0.332 e. The van der Waals surface area contributed by atoms with E-state index in [0.717, 1.165) is 4.57 Å². The molecule has 0 aliphatic carbocycles. The Kier molecular flexibility index (Phi) is 7.36. The van der Waals surface area contributed by atoms with Crippen molar-refractivity contribution in [1.82, 2.24) is 28.7 Å². The fourth-order valence-corrected chi connectivity index (χ4v) is 5.05. The molecule has 14 heteroatoms. The molecule has 0 radical (unpaired) electrons. The monoisotopic (exact) mass is 462 g/mol. The quantitative estimate of drug-likeness (QED) is 0.284. The number of rotatable bonds is 9. The summed E-state index contributed by atoms with van der Waals surface area (Å²) < 4.78 is 34.1. The highest BCUT2D eigenvalue weighted by Crippen LogP contribution is 2.18. The number of hydrogen-bond donors (Lipinski definition) is 3. The summed E-state index contributed by atoms with van der Waals surface area (Å²) in [6.45, 7) is 2.96. The van der Waals surface area contributed by atoms with Crippen molar-refractivity contribution in [2.45, 2.75) is 17.8 Å². The van der Waals surface area contributed by atoms with Crippen molar-refractivity contribution < 1.29 is 18.3 Å². The Morgan fingerprint density at radius 2 is 1.97 bits per heavy atom. The number of ether oxygens (including phenoxy) is 1. The predicted octanol–water partition coefficient (Wildman–Crippen LogP) is -1.99. The van der Waals surface area contributed by atoms with Gasteiger partial charge in [0.25, 0.3) is 5.56 Å². The molecule has 0 bridgehead atoms. The summed E-state index contributed by atoms with van der Waals surface area (Å²) in [5, 5.41) is 10.4. The number of aliphatic hydroxyl groups excluding tert-OH is 1. The van der Waals surface area contributed by atoms with E-state index in [-0.39, 0.29) is 23.3 Å². The number of aromatic amines is 1. The third-order valence-electron chi connectivity index (χ3n) is 4.80. The van der Waals surface area contributed by atoms with Gasteiger partial charge in [0.2, 0.25) is 10.0 Å². The molecule has 0 spiro atoms. The third-order valence-corrected chi connectivity index (χ3v) is 7.06. The first kappa shape index (κ1) is 23.0. The van der Waals surface area contributed by atoms with Crippen molar-refractivity contribution in [3.8, 4) is 0 Å². The lowest BCUT2D eigenvalue weighted by molar-refractivity contribution is 0.0407. The molecule has 168 valence electrons. The minimum absolute atomic E-state index is 0.0991. The number of aromatic nitrogens is 4. The maximum absolute atomic E-state index is 12.2. The van der Waals surface area contributed by atoms with Crippen LogP contribution in [0.2, 0.25) is 0 Å². The number of sulfonamides is 1. The van der Waals surface area contributed by atoms with E-state index in [0.29, 0.717) is 43.8 Å². The number of nitrogens with zero attached hydrogens (tertiary/aromatic N) is 4. The number of nitrogens with one attached hydrogen (secondary N) is 2. The van der Waals surface area contributed by atoms with Crippen LogP contribution < -0.4 is 16.0 Å². The van der Waals surface area contributed by atoms with E-state index in [2.05, 4.69) is 14.7 Å². The summed E-state index contributed by atoms with van der Waals surface area (Å²) in [6.07, 6.45) is -1.08. The molecule has 1 saturated heterocycles. The van der Waals surface area contributed by atoms with Gasteiger partial charge in [-0.3, -0.25) is 18.8 Å². The van der Waals surface area contributed by atoms with Gasteiger partial charge in [0, 0.05) is 39.5 Å².